The molecule has 0 N–H and O–H groups in total. The van der Waals surface area contributed by atoms with Crippen LogP contribution in [0, 0.1) is 0 Å². The number of unbranched alkanes of at least 4 members (excludes halogenated alkanes) is 1. The molecule has 2 aliphatic heterocycles. The Kier molecular flexibility index (Phi) is 7.99. The van der Waals surface area contributed by atoms with Gasteiger partial charge in [0, 0.05) is 37.8 Å². The maximum absolute atomic E-state index is 13.6. The predicted octanol–water partition coefficient (Wildman–Crippen LogP) is 5.91. The molecule has 0 spiro atoms. The van der Waals surface area contributed by atoms with Gasteiger partial charge in [0.25, 0.3) is 5.91 Å². The summed E-state index contributed by atoms with van der Waals surface area (Å²) in [5.74, 6) is 0.249. The summed E-state index contributed by atoms with van der Waals surface area (Å²) < 4.78 is 45.6. The minimum atomic E-state index is -4.50. The molecule has 0 radical (unpaired) electrons. The summed E-state index contributed by atoms with van der Waals surface area (Å²) in [6, 6.07) is 19.1. The number of hydrogen-bond donors (Lipinski definition) is 0. The predicted molar refractivity (Wildman–Crippen MR) is 146 cm³/mol. The van der Waals surface area contributed by atoms with Crippen LogP contribution in [0.5, 0.6) is 5.75 Å². The summed E-state index contributed by atoms with van der Waals surface area (Å²) in [4.78, 5) is 24.3. The van der Waals surface area contributed by atoms with Crippen LogP contribution in [0.1, 0.15) is 24.0 Å². The number of amides is 1. The number of carbonyl (C=O) groups is 1. The quantitative estimate of drug-likeness (QED) is 0.336. The third kappa shape index (κ3) is 6.32. The smallest absolute Gasteiger partial charge is 0.416 e. The number of piperazine rings is 1. The van der Waals surface area contributed by atoms with Gasteiger partial charge in [-0.3, -0.25) is 9.69 Å². The largest absolute Gasteiger partial charge is 0.494 e. The highest BCUT2D eigenvalue weighted by molar-refractivity contribution is 6.56. The second-order valence-corrected chi connectivity index (χ2v) is 9.86. The fraction of sp³-hybridized carbons (Fsp3) is 0.333. The molecule has 0 aromatic heterocycles. The average Bonchev–Trinajstić information content (AvgIpc) is 3.20. The number of hydrogen-bond acceptors (Lipinski definition) is 5. The van der Waals surface area contributed by atoms with Crippen LogP contribution < -0.4 is 9.64 Å². The normalized spacial score (nSPS) is 17.6. The molecule has 39 heavy (non-hydrogen) atoms. The number of rotatable bonds is 8. The van der Waals surface area contributed by atoms with Gasteiger partial charge in [-0.1, -0.05) is 30.3 Å². The Morgan fingerprint density at radius 1 is 0.897 bits per heavy atom. The van der Waals surface area contributed by atoms with Gasteiger partial charge in [-0.15, -0.1) is 0 Å². The van der Waals surface area contributed by atoms with Crippen LogP contribution in [0.2, 0.25) is 0 Å². The molecule has 2 aliphatic rings. The fourth-order valence-corrected chi connectivity index (χ4v) is 4.86. The van der Waals surface area contributed by atoms with Crippen molar-refractivity contribution in [1.29, 1.82) is 0 Å². The van der Waals surface area contributed by atoms with Crippen molar-refractivity contribution in [2.45, 2.75) is 19.0 Å². The number of likely N-dealkylation sites (N-methyl/N-ethyl adjacent to an activating group) is 1. The Balaban J connectivity index is 1.28. The monoisotopic (exact) mass is 536 g/mol. The number of ether oxygens (including phenoxy) is 1. The number of aliphatic imine (C=N–C) groups is 1. The topological polar surface area (TPSA) is 48.4 Å². The van der Waals surface area contributed by atoms with E-state index >= 15 is 0 Å². The number of halogens is 3. The molecule has 0 saturated carbocycles. The molecule has 1 saturated heterocycles. The zero-order valence-corrected chi connectivity index (χ0v) is 21.8. The van der Waals surface area contributed by atoms with E-state index < -0.39 is 17.6 Å². The first-order chi connectivity index (χ1) is 18.8. The van der Waals surface area contributed by atoms with Crippen molar-refractivity contribution >= 4 is 28.7 Å². The van der Waals surface area contributed by atoms with Gasteiger partial charge in [0.15, 0.2) is 0 Å². The summed E-state index contributed by atoms with van der Waals surface area (Å²) >= 11 is 0. The highest BCUT2D eigenvalue weighted by atomic mass is 19.4. The first kappa shape index (κ1) is 26.9. The van der Waals surface area contributed by atoms with E-state index in [1.54, 1.807) is 18.2 Å². The molecule has 0 bridgehead atoms. The zero-order chi connectivity index (χ0) is 27.4. The van der Waals surface area contributed by atoms with Crippen molar-refractivity contribution in [3.63, 3.8) is 0 Å². The lowest BCUT2D eigenvalue weighted by molar-refractivity contribution is -0.137. The molecule has 2 heterocycles. The van der Waals surface area contributed by atoms with Crippen molar-refractivity contribution < 1.29 is 22.7 Å². The third-order valence-corrected chi connectivity index (χ3v) is 7.03. The lowest BCUT2D eigenvalue weighted by Gasteiger charge is -2.32. The zero-order valence-electron chi connectivity index (χ0n) is 21.8. The summed E-state index contributed by atoms with van der Waals surface area (Å²) in [7, 11) is 2.15. The molecule has 0 atom stereocenters. The van der Waals surface area contributed by atoms with Crippen LogP contribution >= 0.6 is 0 Å². The van der Waals surface area contributed by atoms with E-state index in [1.165, 1.54) is 17.0 Å². The van der Waals surface area contributed by atoms with Gasteiger partial charge < -0.3 is 14.5 Å². The van der Waals surface area contributed by atoms with Gasteiger partial charge in [0.2, 0.25) is 0 Å². The van der Waals surface area contributed by atoms with Gasteiger partial charge in [-0.25, -0.2) is 4.99 Å². The number of alkyl halides is 3. The lowest BCUT2D eigenvalue weighted by Crippen LogP contribution is -2.44. The number of anilines is 2. The number of fused-ring (bicyclic) bond motifs is 1. The molecule has 0 aliphatic carbocycles. The van der Waals surface area contributed by atoms with Crippen LogP contribution in [0.3, 0.4) is 0 Å². The van der Waals surface area contributed by atoms with E-state index in [9.17, 15) is 18.0 Å². The average molecular weight is 537 g/mol. The first-order valence-corrected chi connectivity index (χ1v) is 13.1. The summed E-state index contributed by atoms with van der Waals surface area (Å²) in [5.41, 5.74) is 1.15. The van der Waals surface area contributed by atoms with Gasteiger partial charge in [-0.05, 0) is 62.8 Å². The minimum absolute atomic E-state index is 0.0680. The fourth-order valence-electron chi connectivity index (χ4n) is 4.86. The van der Waals surface area contributed by atoms with E-state index in [-0.39, 0.29) is 11.4 Å². The van der Waals surface area contributed by atoms with Crippen molar-refractivity contribution in [3.05, 3.63) is 83.9 Å². The second kappa shape index (κ2) is 11.6. The van der Waals surface area contributed by atoms with Gasteiger partial charge in [0.1, 0.15) is 11.5 Å². The highest BCUT2D eigenvalue weighted by Gasteiger charge is 2.35. The summed E-state index contributed by atoms with van der Waals surface area (Å²) in [6.45, 7) is 6.05. The van der Waals surface area contributed by atoms with Crippen molar-refractivity contribution in [1.82, 2.24) is 9.80 Å². The van der Waals surface area contributed by atoms with E-state index in [0.717, 1.165) is 57.7 Å². The molecule has 3 aromatic carbocycles. The third-order valence-electron chi connectivity index (χ3n) is 7.03. The van der Waals surface area contributed by atoms with Crippen molar-refractivity contribution in [3.8, 4) is 5.75 Å². The van der Waals surface area contributed by atoms with Crippen LogP contribution in [0.25, 0.3) is 0 Å². The maximum atomic E-state index is 13.6. The molecule has 6 nitrogen and oxygen atoms in total. The van der Waals surface area contributed by atoms with Crippen LogP contribution in [-0.2, 0) is 11.0 Å². The minimum Gasteiger partial charge on any atom is -0.494 e. The Bertz CT molecular complexity index is 1350. The Hall–Kier alpha value is -3.69. The highest BCUT2D eigenvalue weighted by Crippen LogP contribution is 2.38. The Morgan fingerprint density at radius 3 is 2.46 bits per heavy atom. The van der Waals surface area contributed by atoms with Gasteiger partial charge >= 0.3 is 6.18 Å². The van der Waals surface area contributed by atoms with Gasteiger partial charge in [0.05, 0.1) is 29.2 Å². The molecule has 3 aromatic rings. The van der Waals surface area contributed by atoms with Crippen LogP contribution in [-0.4, -0.2) is 67.8 Å². The lowest BCUT2D eigenvalue weighted by atomic mass is 10.1. The molecule has 204 valence electrons. The summed E-state index contributed by atoms with van der Waals surface area (Å²) in [6.07, 6.45) is -2.52. The standard InChI is InChI=1S/C30H31F3N4O2/c1-35-15-17-36(18-16-35)14-4-5-19-39-25-11-7-10-24(21-25)37-27-13-3-2-12-26(27)28(29(37)38)34-23-9-6-8-22(20-23)30(31,32)33/h2-3,6-13,20-21H,4-5,14-19H2,1H3. The van der Waals surface area contributed by atoms with Crippen LogP contribution in [0.4, 0.5) is 30.2 Å². The SMILES string of the molecule is CN1CCN(CCCCOc2cccc(N3C(=O)C(=Nc4cccc(C(F)(F)F)c4)c4ccccc43)c2)CC1. The number of para-hydroxylation sites is 1. The Morgan fingerprint density at radius 2 is 1.67 bits per heavy atom. The molecule has 5 rings (SSSR count). The molecule has 1 fully saturated rings. The van der Waals surface area contributed by atoms with E-state index in [2.05, 4.69) is 21.8 Å². The van der Waals surface area contributed by atoms with Crippen LogP contribution in [0.15, 0.2) is 77.8 Å². The summed E-state index contributed by atoms with van der Waals surface area (Å²) in [5, 5.41) is 0. The maximum Gasteiger partial charge on any atom is 0.416 e. The van der Waals surface area contributed by atoms with Gasteiger partial charge in [-0.2, -0.15) is 13.2 Å². The van der Waals surface area contributed by atoms with E-state index in [0.29, 0.717) is 29.3 Å². The van der Waals surface area contributed by atoms with Crippen molar-refractivity contribution in [2.24, 2.45) is 4.99 Å². The first-order valence-electron chi connectivity index (χ1n) is 13.1. The van der Waals surface area contributed by atoms with Crippen molar-refractivity contribution in [2.75, 3.05) is 51.3 Å². The molecule has 9 heteroatoms. The Labute approximate surface area is 226 Å². The van der Waals surface area contributed by atoms with E-state index in [1.807, 2.05) is 30.3 Å². The molecular weight excluding hydrogens is 505 g/mol. The molecule has 0 unspecified atom stereocenters. The number of carbonyl (C=O) groups excluding carboxylic acids is 1. The van der Waals surface area contributed by atoms with E-state index in [4.69, 9.17) is 4.74 Å². The molecular formula is C30H31F3N4O2. The molecule has 1 amide bonds. The number of nitrogens with zero attached hydrogens (tertiary/aromatic N) is 4. The second-order valence-electron chi connectivity index (χ2n) is 9.86. The number of benzene rings is 3.